The molecule has 2 aromatic rings. The fraction of sp³-hybridized carbons (Fsp3) is 0. The average Bonchev–Trinajstić information content (AvgIpc) is 2.80. The molecule has 0 bridgehead atoms. The number of phenolic OH excluding ortho intramolecular Hbond substituents is 1. The molecule has 1 aliphatic rings. The van der Waals surface area contributed by atoms with Crippen molar-refractivity contribution in [1.82, 2.24) is 5.32 Å². The van der Waals surface area contributed by atoms with Crippen molar-refractivity contribution >= 4 is 69.5 Å². The topological polar surface area (TPSA) is 69.6 Å². The maximum Gasteiger partial charge on any atom is 0.333 e. The third-order valence-electron chi connectivity index (χ3n) is 3.32. The zero-order valence-electron chi connectivity index (χ0n) is 11.9. The van der Waals surface area contributed by atoms with Crippen LogP contribution in [0.3, 0.4) is 0 Å². The summed E-state index contributed by atoms with van der Waals surface area (Å²) in [6, 6.07) is 8.84. The molecule has 0 atom stereocenters. The van der Waals surface area contributed by atoms with Gasteiger partial charge in [0.2, 0.25) is 0 Å². The number of hydrogen-bond acceptors (Lipinski definition) is 3. The summed E-state index contributed by atoms with van der Waals surface area (Å²) in [5.41, 5.74) is 0.784. The zero-order chi connectivity index (χ0) is 17.4. The van der Waals surface area contributed by atoms with Gasteiger partial charge in [0, 0.05) is 15.6 Å². The van der Waals surface area contributed by atoms with Gasteiger partial charge in [-0.15, -0.1) is 0 Å². The van der Waals surface area contributed by atoms with E-state index >= 15 is 0 Å². The van der Waals surface area contributed by atoms with Crippen LogP contribution >= 0.6 is 45.8 Å². The Hall–Kier alpha value is -1.77. The van der Waals surface area contributed by atoms with Gasteiger partial charge in [0.05, 0.1) is 9.26 Å². The minimum atomic E-state index is -0.579. The monoisotopic (exact) mass is 474 g/mol. The lowest BCUT2D eigenvalue weighted by Gasteiger charge is -2.11. The van der Waals surface area contributed by atoms with E-state index in [2.05, 4.69) is 5.32 Å². The van der Waals surface area contributed by atoms with Crippen molar-refractivity contribution in [3.05, 3.63) is 61.3 Å². The van der Waals surface area contributed by atoms with E-state index in [-0.39, 0.29) is 11.4 Å². The summed E-state index contributed by atoms with van der Waals surface area (Å²) in [7, 11) is 0. The molecule has 1 fully saturated rings. The molecule has 2 aromatic carbocycles. The molecular formula is C16H9Cl2IN2O3. The molecule has 122 valence electrons. The fourth-order valence-corrected chi connectivity index (χ4v) is 3.39. The lowest BCUT2D eigenvalue weighted by atomic mass is 10.1. The number of phenols is 1. The first kappa shape index (κ1) is 17.1. The lowest BCUT2D eigenvalue weighted by molar-refractivity contribution is -0.113. The van der Waals surface area contributed by atoms with Crippen LogP contribution in [0.4, 0.5) is 10.5 Å². The highest BCUT2D eigenvalue weighted by Gasteiger charge is 2.35. The van der Waals surface area contributed by atoms with E-state index in [1.807, 2.05) is 22.6 Å². The molecule has 8 heteroatoms. The van der Waals surface area contributed by atoms with Crippen LogP contribution in [0.2, 0.25) is 10.0 Å². The van der Waals surface area contributed by atoms with Crippen molar-refractivity contribution in [2.75, 3.05) is 4.90 Å². The van der Waals surface area contributed by atoms with Crippen molar-refractivity contribution in [2.45, 2.75) is 0 Å². The maximum absolute atomic E-state index is 12.5. The summed E-state index contributed by atoms with van der Waals surface area (Å²) in [5.74, 6) is -0.545. The first-order chi connectivity index (χ1) is 11.4. The molecule has 24 heavy (non-hydrogen) atoms. The molecule has 0 aromatic heterocycles. The third-order valence-corrected chi connectivity index (χ3v) is 4.61. The molecule has 0 spiro atoms. The van der Waals surface area contributed by atoms with Gasteiger partial charge in [0.1, 0.15) is 11.4 Å². The molecule has 1 aliphatic heterocycles. The van der Waals surface area contributed by atoms with Gasteiger partial charge in [-0.1, -0.05) is 23.2 Å². The van der Waals surface area contributed by atoms with E-state index in [4.69, 9.17) is 23.2 Å². The molecule has 1 saturated heterocycles. The molecule has 2 N–H and O–H groups in total. The van der Waals surface area contributed by atoms with Crippen LogP contribution < -0.4 is 10.2 Å². The van der Waals surface area contributed by atoms with Crippen molar-refractivity contribution in [2.24, 2.45) is 0 Å². The SMILES string of the molecule is O=C1N/C(=C/c2cc(Cl)cc(I)c2O)C(=O)N1c1ccc(Cl)cc1. The van der Waals surface area contributed by atoms with Crippen molar-refractivity contribution in [3.8, 4) is 5.75 Å². The Morgan fingerprint density at radius 3 is 2.42 bits per heavy atom. The molecule has 5 nitrogen and oxygen atoms in total. The van der Waals surface area contributed by atoms with Crippen LogP contribution in [0.1, 0.15) is 5.56 Å². The second-order valence-electron chi connectivity index (χ2n) is 4.93. The number of aromatic hydroxyl groups is 1. The highest BCUT2D eigenvalue weighted by molar-refractivity contribution is 14.1. The first-order valence-electron chi connectivity index (χ1n) is 6.67. The number of amides is 3. The molecule has 0 aliphatic carbocycles. The van der Waals surface area contributed by atoms with Gasteiger partial charge in [0.25, 0.3) is 5.91 Å². The van der Waals surface area contributed by atoms with Gasteiger partial charge in [-0.25, -0.2) is 9.69 Å². The summed E-state index contributed by atoms with van der Waals surface area (Å²) in [6.07, 6.45) is 1.39. The fourth-order valence-electron chi connectivity index (χ4n) is 2.21. The number of carbonyl (C=O) groups is 2. The highest BCUT2D eigenvalue weighted by atomic mass is 127. The van der Waals surface area contributed by atoms with E-state index in [9.17, 15) is 14.7 Å². The Morgan fingerprint density at radius 2 is 1.75 bits per heavy atom. The number of anilines is 1. The lowest BCUT2D eigenvalue weighted by Crippen LogP contribution is -2.30. The Bertz CT molecular complexity index is 882. The standard InChI is InChI=1S/C16H9Cl2IN2O3/c17-9-1-3-11(4-2-9)21-15(23)13(20-16(21)24)6-8-5-10(18)7-12(19)14(8)22/h1-7,22H,(H,20,24)/b13-6+. The second-order valence-corrected chi connectivity index (χ2v) is 6.97. The number of hydrogen-bond donors (Lipinski definition) is 2. The van der Waals surface area contributed by atoms with Crippen molar-refractivity contribution < 1.29 is 14.7 Å². The molecule has 3 amide bonds. The molecular weight excluding hydrogens is 466 g/mol. The normalized spacial score (nSPS) is 16.0. The smallest absolute Gasteiger partial charge is 0.333 e. The largest absolute Gasteiger partial charge is 0.506 e. The van der Waals surface area contributed by atoms with Gasteiger partial charge >= 0.3 is 6.03 Å². The number of nitrogens with zero attached hydrogens (tertiary/aromatic N) is 1. The third kappa shape index (κ3) is 3.22. The van der Waals surface area contributed by atoms with Crippen molar-refractivity contribution in [3.63, 3.8) is 0 Å². The Morgan fingerprint density at radius 1 is 1.08 bits per heavy atom. The first-order valence-corrected chi connectivity index (χ1v) is 8.51. The summed E-state index contributed by atoms with van der Waals surface area (Å²) >= 11 is 13.7. The van der Waals surface area contributed by atoms with Crippen LogP contribution in [-0.2, 0) is 4.79 Å². The predicted molar refractivity (Wildman–Crippen MR) is 101 cm³/mol. The summed E-state index contributed by atoms with van der Waals surface area (Å²) < 4.78 is 0.540. The van der Waals surface area contributed by atoms with Crippen LogP contribution in [-0.4, -0.2) is 17.0 Å². The summed E-state index contributed by atoms with van der Waals surface area (Å²) in [5, 5.41) is 13.5. The Balaban J connectivity index is 1.98. The molecule has 0 radical (unpaired) electrons. The van der Waals surface area contributed by atoms with Crippen LogP contribution in [0.5, 0.6) is 5.75 Å². The molecule has 0 saturated carbocycles. The summed E-state index contributed by atoms with van der Waals surface area (Å²) in [4.78, 5) is 25.6. The average molecular weight is 475 g/mol. The predicted octanol–water partition coefficient (Wildman–Crippen LogP) is 4.40. The second kappa shape index (κ2) is 6.62. The summed E-state index contributed by atoms with van der Waals surface area (Å²) in [6.45, 7) is 0. The van der Waals surface area contributed by atoms with Crippen LogP contribution in [0, 0.1) is 3.57 Å². The Labute approximate surface area is 161 Å². The number of imide groups is 1. The van der Waals surface area contributed by atoms with E-state index in [1.54, 1.807) is 30.3 Å². The minimum Gasteiger partial charge on any atom is -0.506 e. The Kier molecular flexibility index (Phi) is 4.71. The van der Waals surface area contributed by atoms with Crippen LogP contribution in [0.15, 0.2) is 42.1 Å². The number of nitrogens with one attached hydrogen (secondary N) is 1. The van der Waals surface area contributed by atoms with Gasteiger partial charge in [-0.05, 0) is 65.1 Å². The van der Waals surface area contributed by atoms with Gasteiger partial charge in [-0.3, -0.25) is 4.79 Å². The number of urea groups is 1. The van der Waals surface area contributed by atoms with Crippen molar-refractivity contribution in [1.29, 1.82) is 0 Å². The quantitative estimate of drug-likeness (QED) is 0.385. The molecule has 3 rings (SSSR count). The number of benzene rings is 2. The number of rotatable bonds is 2. The molecule has 1 heterocycles. The van der Waals surface area contributed by atoms with Gasteiger partial charge in [0.15, 0.2) is 0 Å². The van der Waals surface area contributed by atoms with E-state index in [0.29, 0.717) is 24.9 Å². The zero-order valence-corrected chi connectivity index (χ0v) is 15.6. The van der Waals surface area contributed by atoms with E-state index in [1.165, 1.54) is 12.1 Å². The van der Waals surface area contributed by atoms with Gasteiger partial charge < -0.3 is 10.4 Å². The number of halogens is 3. The highest BCUT2D eigenvalue weighted by Crippen LogP contribution is 2.31. The minimum absolute atomic E-state index is 0.0144. The molecule has 0 unspecified atom stereocenters. The van der Waals surface area contributed by atoms with Crippen LogP contribution in [0.25, 0.3) is 6.08 Å². The van der Waals surface area contributed by atoms with E-state index < -0.39 is 11.9 Å². The maximum atomic E-state index is 12.5. The number of carbonyl (C=O) groups excluding carboxylic acids is 2. The van der Waals surface area contributed by atoms with E-state index in [0.717, 1.165) is 4.90 Å². The van der Waals surface area contributed by atoms with Gasteiger partial charge in [-0.2, -0.15) is 0 Å².